The minimum absolute atomic E-state index is 0.0183. The van der Waals surface area contributed by atoms with E-state index in [2.05, 4.69) is 10.6 Å². The van der Waals surface area contributed by atoms with Crippen LogP contribution in [0.15, 0.2) is 54.6 Å². The number of rotatable bonds is 8. The highest BCUT2D eigenvalue weighted by Crippen LogP contribution is 2.19. The molecule has 0 bridgehead atoms. The van der Waals surface area contributed by atoms with Gasteiger partial charge in [-0.15, -0.1) is 0 Å². The zero-order valence-electron chi connectivity index (χ0n) is 16.6. The summed E-state index contributed by atoms with van der Waals surface area (Å²) in [6.45, 7) is 3.66. The Labute approximate surface area is 175 Å². The second-order valence-corrected chi connectivity index (χ2v) is 7.33. The summed E-state index contributed by atoms with van der Waals surface area (Å²) in [5.41, 5.74) is 1.06. The number of hydrogen-bond donors (Lipinski definition) is 2. The maximum Gasteiger partial charge on any atom is 0.307 e. The number of esters is 1. The monoisotopic (exact) mass is 416 g/mol. The zero-order valence-corrected chi connectivity index (χ0v) is 17.4. The number of carbonyl (C=O) groups excluding carboxylic acids is 3. The van der Waals surface area contributed by atoms with E-state index >= 15 is 0 Å². The average Bonchev–Trinajstić information content (AvgIpc) is 2.71. The first-order valence-corrected chi connectivity index (χ1v) is 9.68. The number of benzene rings is 2. The van der Waals surface area contributed by atoms with Gasteiger partial charge in [-0.25, -0.2) is 0 Å². The van der Waals surface area contributed by atoms with Crippen molar-refractivity contribution in [1.29, 1.82) is 0 Å². The smallest absolute Gasteiger partial charge is 0.307 e. The lowest BCUT2D eigenvalue weighted by atomic mass is 9.99. The summed E-state index contributed by atoms with van der Waals surface area (Å²) >= 11 is 6.09. The molecule has 0 aliphatic carbocycles. The predicted molar refractivity (Wildman–Crippen MR) is 112 cm³/mol. The Kier molecular flexibility index (Phi) is 8.21. The first kappa shape index (κ1) is 22.4. The number of amides is 2. The molecule has 0 aromatic heterocycles. The lowest BCUT2D eigenvalue weighted by Crippen LogP contribution is -2.50. The van der Waals surface area contributed by atoms with Crippen LogP contribution in [0.1, 0.15) is 42.2 Å². The van der Waals surface area contributed by atoms with Crippen molar-refractivity contribution in [2.75, 3.05) is 7.11 Å². The fraction of sp³-hybridized carbons (Fsp3) is 0.318. The number of nitrogens with one attached hydrogen (secondary N) is 2. The van der Waals surface area contributed by atoms with E-state index in [4.69, 9.17) is 16.3 Å². The van der Waals surface area contributed by atoms with Crippen LogP contribution in [0.4, 0.5) is 0 Å². The van der Waals surface area contributed by atoms with E-state index in [1.165, 1.54) is 7.11 Å². The fourth-order valence-electron chi connectivity index (χ4n) is 2.85. The van der Waals surface area contributed by atoms with Crippen LogP contribution in [0, 0.1) is 5.92 Å². The molecule has 0 aliphatic heterocycles. The van der Waals surface area contributed by atoms with Gasteiger partial charge in [0.25, 0.3) is 5.91 Å². The fourth-order valence-corrected chi connectivity index (χ4v) is 3.07. The van der Waals surface area contributed by atoms with Crippen LogP contribution < -0.4 is 10.6 Å². The normalized spacial score (nSPS) is 12.7. The van der Waals surface area contributed by atoms with Gasteiger partial charge in [-0.3, -0.25) is 14.4 Å². The van der Waals surface area contributed by atoms with Gasteiger partial charge in [0, 0.05) is 0 Å². The molecule has 7 heteroatoms. The highest BCUT2D eigenvalue weighted by atomic mass is 35.5. The molecular weight excluding hydrogens is 392 g/mol. The van der Waals surface area contributed by atoms with Crippen LogP contribution in [0.5, 0.6) is 0 Å². The van der Waals surface area contributed by atoms with E-state index in [9.17, 15) is 14.4 Å². The minimum atomic E-state index is -0.803. The lowest BCUT2D eigenvalue weighted by Gasteiger charge is -2.25. The first-order valence-electron chi connectivity index (χ1n) is 9.31. The van der Waals surface area contributed by atoms with E-state index in [0.717, 1.165) is 5.56 Å². The molecule has 0 fully saturated rings. The van der Waals surface area contributed by atoms with Gasteiger partial charge >= 0.3 is 5.97 Å². The number of ether oxygens (including phenoxy) is 1. The molecule has 2 rings (SSSR count). The predicted octanol–water partition coefficient (Wildman–Crippen LogP) is 3.52. The summed E-state index contributed by atoms with van der Waals surface area (Å²) in [7, 11) is 1.30. The Morgan fingerprint density at radius 2 is 1.59 bits per heavy atom. The summed E-state index contributed by atoms with van der Waals surface area (Å²) < 4.78 is 4.75. The van der Waals surface area contributed by atoms with Gasteiger partial charge in [0.05, 0.1) is 30.2 Å². The van der Waals surface area contributed by atoms with Crippen LogP contribution in [-0.2, 0) is 14.3 Å². The van der Waals surface area contributed by atoms with Gasteiger partial charge in [-0.1, -0.05) is 67.9 Å². The van der Waals surface area contributed by atoms with E-state index in [-0.39, 0.29) is 12.3 Å². The maximum atomic E-state index is 13.0. The summed E-state index contributed by atoms with van der Waals surface area (Å²) in [5, 5.41) is 5.92. The number of halogens is 1. The summed E-state index contributed by atoms with van der Waals surface area (Å²) in [5.74, 6) is -1.46. The Morgan fingerprint density at radius 1 is 0.966 bits per heavy atom. The molecule has 2 N–H and O–H groups in total. The van der Waals surface area contributed by atoms with Crippen molar-refractivity contribution < 1.29 is 19.1 Å². The van der Waals surface area contributed by atoms with Gasteiger partial charge in [0.2, 0.25) is 5.91 Å². The Balaban J connectivity index is 2.18. The average molecular weight is 417 g/mol. The van der Waals surface area contributed by atoms with E-state index in [1.54, 1.807) is 24.3 Å². The lowest BCUT2D eigenvalue weighted by molar-refractivity contribution is -0.141. The highest BCUT2D eigenvalue weighted by Gasteiger charge is 2.28. The van der Waals surface area contributed by atoms with Crippen molar-refractivity contribution in [3.8, 4) is 0 Å². The molecular formula is C22H25ClN2O4. The van der Waals surface area contributed by atoms with Crippen molar-refractivity contribution in [3.05, 3.63) is 70.7 Å². The van der Waals surface area contributed by atoms with Crippen LogP contribution in [0.2, 0.25) is 5.02 Å². The molecule has 2 aromatic rings. The minimum Gasteiger partial charge on any atom is -0.469 e. The second kappa shape index (κ2) is 10.6. The van der Waals surface area contributed by atoms with Crippen LogP contribution in [-0.4, -0.2) is 30.9 Å². The molecule has 154 valence electrons. The molecule has 0 saturated heterocycles. The van der Waals surface area contributed by atoms with Gasteiger partial charge in [-0.2, -0.15) is 0 Å². The largest absolute Gasteiger partial charge is 0.469 e. The number of hydrogen-bond acceptors (Lipinski definition) is 4. The van der Waals surface area contributed by atoms with Crippen LogP contribution in [0.25, 0.3) is 0 Å². The summed E-state index contributed by atoms with van der Waals surface area (Å²) in [6.07, 6.45) is -0.0183. The Hall–Kier alpha value is -2.86. The first-order chi connectivity index (χ1) is 13.8. The van der Waals surface area contributed by atoms with Crippen molar-refractivity contribution in [3.63, 3.8) is 0 Å². The van der Waals surface area contributed by atoms with Gasteiger partial charge in [0.15, 0.2) is 0 Å². The number of carbonyl (C=O) groups is 3. The molecule has 0 saturated carbocycles. The molecule has 0 radical (unpaired) electrons. The van der Waals surface area contributed by atoms with Crippen LogP contribution >= 0.6 is 11.6 Å². The quantitative estimate of drug-likeness (QED) is 0.645. The van der Waals surface area contributed by atoms with Crippen molar-refractivity contribution in [2.45, 2.75) is 32.4 Å². The third-order valence-corrected chi connectivity index (χ3v) is 4.80. The molecule has 0 spiro atoms. The zero-order chi connectivity index (χ0) is 21.4. The molecule has 2 atom stereocenters. The molecule has 0 heterocycles. The van der Waals surface area contributed by atoms with Gasteiger partial charge < -0.3 is 15.4 Å². The van der Waals surface area contributed by atoms with E-state index < -0.39 is 29.9 Å². The van der Waals surface area contributed by atoms with E-state index in [1.807, 2.05) is 44.2 Å². The topological polar surface area (TPSA) is 84.5 Å². The van der Waals surface area contributed by atoms with Crippen LogP contribution in [0.3, 0.4) is 0 Å². The molecule has 2 amide bonds. The van der Waals surface area contributed by atoms with Crippen molar-refractivity contribution in [1.82, 2.24) is 10.6 Å². The molecule has 6 nitrogen and oxygen atoms in total. The summed E-state index contributed by atoms with van der Waals surface area (Å²) in [6, 6.07) is 14.4. The molecule has 2 aromatic carbocycles. The number of methoxy groups -OCH3 is 1. The summed E-state index contributed by atoms with van der Waals surface area (Å²) in [4.78, 5) is 37.4. The van der Waals surface area contributed by atoms with Crippen molar-refractivity contribution in [2.24, 2.45) is 5.92 Å². The SMILES string of the molecule is COC(=O)CC(NC(=O)C(NC(=O)c1ccccc1Cl)C(C)C)c1ccccc1. The Bertz CT molecular complexity index is 855. The van der Waals surface area contributed by atoms with Gasteiger partial charge in [-0.05, 0) is 23.6 Å². The van der Waals surface area contributed by atoms with Crippen molar-refractivity contribution >= 4 is 29.4 Å². The highest BCUT2D eigenvalue weighted by molar-refractivity contribution is 6.33. The third-order valence-electron chi connectivity index (χ3n) is 4.47. The third kappa shape index (κ3) is 6.32. The molecule has 2 unspecified atom stereocenters. The molecule has 0 aliphatic rings. The van der Waals surface area contributed by atoms with E-state index in [0.29, 0.717) is 10.6 Å². The standard InChI is InChI=1S/C22H25ClN2O4/c1-14(2)20(25-21(27)16-11-7-8-12-17(16)23)22(28)24-18(13-19(26)29-3)15-9-5-4-6-10-15/h4-12,14,18,20H,13H2,1-3H3,(H,24,28)(H,25,27). The molecule has 29 heavy (non-hydrogen) atoms. The maximum absolute atomic E-state index is 13.0. The Morgan fingerprint density at radius 3 is 2.17 bits per heavy atom. The second-order valence-electron chi connectivity index (χ2n) is 6.93. The van der Waals surface area contributed by atoms with Gasteiger partial charge in [0.1, 0.15) is 6.04 Å².